The van der Waals surface area contributed by atoms with Crippen molar-refractivity contribution in [3.05, 3.63) is 21.6 Å². The summed E-state index contributed by atoms with van der Waals surface area (Å²) < 4.78 is 46.9. The monoisotopic (exact) mass is 329 g/mol. The van der Waals surface area contributed by atoms with Crippen LogP contribution in [0, 0.1) is 0 Å². The van der Waals surface area contributed by atoms with Crippen LogP contribution >= 0.6 is 11.6 Å². The number of nitrogens with one attached hydrogen (secondary N) is 1. The van der Waals surface area contributed by atoms with E-state index in [9.17, 15) is 18.0 Å². The second-order valence-electron chi connectivity index (χ2n) is 3.98. The average molecular weight is 330 g/mol. The Morgan fingerprint density at radius 2 is 2.10 bits per heavy atom. The van der Waals surface area contributed by atoms with Gasteiger partial charge in [0.2, 0.25) is 0 Å². The lowest BCUT2D eigenvalue weighted by molar-refractivity contribution is -0.143. The van der Waals surface area contributed by atoms with E-state index < -0.39 is 18.3 Å². The van der Waals surface area contributed by atoms with Crippen LogP contribution in [0.25, 0.3) is 0 Å². The molecule has 0 bridgehead atoms. The topological polar surface area (TPSA) is 65.4 Å². The summed E-state index contributed by atoms with van der Waals surface area (Å²) in [4.78, 5) is 11.6. The average Bonchev–Trinajstić information content (AvgIpc) is 2.40. The van der Waals surface area contributed by atoms with Gasteiger partial charge in [0.05, 0.1) is 31.7 Å². The van der Waals surface area contributed by atoms with E-state index >= 15 is 0 Å². The van der Waals surface area contributed by atoms with Gasteiger partial charge in [-0.2, -0.15) is 18.3 Å². The van der Waals surface area contributed by atoms with Gasteiger partial charge in [0.1, 0.15) is 11.6 Å². The summed E-state index contributed by atoms with van der Waals surface area (Å²) in [5, 5.41) is 5.85. The molecule has 1 aromatic heterocycles. The van der Waals surface area contributed by atoms with Gasteiger partial charge in [-0.05, 0) is 0 Å². The molecule has 1 aromatic rings. The van der Waals surface area contributed by atoms with Gasteiger partial charge >= 0.3 is 6.18 Å². The van der Waals surface area contributed by atoms with E-state index in [0.717, 1.165) is 6.20 Å². The van der Waals surface area contributed by atoms with Crippen LogP contribution < -0.4 is 10.9 Å². The van der Waals surface area contributed by atoms with E-state index in [1.165, 1.54) is 0 Å². The first-order valence-electron chi connectivity index (χ1n) is 5.98. The van der Waals surface area contributed by atoms with Gasteiger partial charge in [-0.25, -0.2) is 4.68 Å². The summed E-state index contributed by atoms with van der Waals surface area (Å²) in [5.41, 5.74) is -0.838. The lowest BCUT2D eigenvalue weighted by atomic mass is 10.4. The molecule has 0 amide bonds. The largest absolute Gasteiger partial charge is 0.408 e. The second-order valence-corrected chi connectivity index (χ2v) is 4.36. The van der Waals surface area contributed by atoms with Crippen molar-refractivity contribution in [3.63, 3.8) is 0 Å². The van der Waals surface area contributed by atoms with Crippen molar-refractivity contribution < 1.29 is 22.6 Å². The van der Waals surface area contributed by atoms with E-state index in [1.807, 2.05) is 0 Å². The number of ether oxygens (including phenoxy) is 2. The Hall–Kier alpha value is -1.32. The minimum absolute atomic E-state index is 0.162. The van der Waals surface area contributed by atoms with Crippen LogP contribution in [0.4, 0.5) is 18.9 Å². The molecule has 0 spiro atoms. The molecule has 120 valence electrons. The van der Waals surface area contributed by atoms with Crippen LogP contribution in [0.3, 0.4) is 0 Å². The minimum Gasteiger partial charge on any atom is -0.382 e. The van der Waals surface area contributed by atoms with Gasteiger partial charge in [-0.1, -0.05) is 11.6 Å². The van der Waals surface area contributed by atoms with E-state index in [1.54, 1.807) is 7.11 Å². The summed E-state index contributed by atoms with van der Waals surface area (Å²) in [5.74, 6) is 0. The molecule has 0 radical (unpaired) electrons. The summed E-state index contributed by atoms with van der Waals surface area (Å²) in [6, 6.07) is 0. The normalized spacial score (nSPS) is 11.7. The van der Waals surface area contributed by atoms with Crippen LogP contribution in [0.15, 0.2) is 11.0 Å². The van der Waals surface area contributed by atoms with Crippen molar-refractivity contribution in [1.82, 2.24) is 9.78 Å². The predicted molar refractivity (Wildman–Crippen MR) is 70.7 cm³/mol. The van der Waals surface area contributed by atoms with Crippen molar-refractivity contribution in [3.8, 4) is 0 Å². The summed E-state index contributed by atoms with van der Waals surface area (Å²) in [6.07, 6.45) is -3.46. The molecule has 0 aliphatic carbocycles. The number of methoxy groups -OCH3 is 1. The highest BCUT2D eigenvalue weighted by Crippen LogP contribution is 2.18. The number of hydrogen-bond donors (Lipinski definition) is 1. The summed E-state index contributed by atoms with van der Waals surface area (Å²) in [6.45, 7) is 0.0399. The van der Waals surface area contributed by atoms with Gasteiger partial charge in [0.25, 0.3) is 5.56 Å². The van der Waals surface area contributed by atoms with E-state index in [2.05, 4.69) is 10.4 Å². The third-order valence-electron chi connectivity index (χ3n) is 2.31. The Labute approximate surface area is 123 Å². The molecule has 0 aliphatic heterocycles. The SMILES string of the molecule is COCCOCCNc1cnn(CC(F)(F)F)c(=O)c1Cl. The highest BCUT2D eigenvalue weighted by Gasteiger charge is 2.29. The first-order chi connectivity index (χ1) is 9.85. The lowest BCUT2D eigenvalue weighted by Crippen LogP contribution is -2.31. The molecule has 6 nitrogen and oxygen atoms in total. The van der Waals surface area contributed by atoms with Crippen molar-refractivity contribution >= 4 is 17.3 Å². The molecule has 0 unspecified atom stereocenters. The van der Waals surface area contributed by atoms with E-state index in [4.69, 9.17) is 21.1 Å². The van der Waals surface area contributed by atoms with Gasteiger partial charge in [0.15, 0.2) is 0 Å². The number of aromatic nitrogens is 2. The van der Waals surface area contributed by atoms with Crippen LogP contribution in [-0.2, 0) is 16.0 Å². The van der Waals surface area contributed by atoms with Crippen LogP contribution in [0.1, 0.15) is 0 Å². The van der Waals surface area contributed by atoms with Crippen LogP contribution in [0.2, 0.25) is 5.02 Å². The molecule has 1 rings (SSSR count). The van der Waals surface area contributed by atoms with Gasteiger partial charge in [0, 0.05) is 13.7 Å². The number of alkyl halides is 3. The second kappa shape index (κ2) is 8.20. The van der Waals surface area contributed by atoms with Gasteiger partial charge in [-0.15, -0.1) is 0 Å². The number of rotatable bonds is 8. The predicted octanol–water partition coefficient (Wildman–Crippen LogP) is 1.53. The fourth-order valence-electron chi connectivity index (χ4n) is 1.37. The molecule has 0 saturated heterocycles. The molecule has 0 aromatic carbocycles. The summed E-state index contributed by atoms with van der Waals surface area (Å²) in [7, 11) is 1.54. The number of hydrogen-bond acceptors (Lipinski definition) is 5. The van der Waals surface area contributed by atoms with Crippen molar-refractivity contribution in [2.24, 2.45) is 0 Å². The summed E-state index contributed by atoms with van der Waals surface area (Å²) >= 11 is 5.73. The zero-order valence-corrected chi connectivity index (χ0v) is 12.0. The Bertz CT molecular complexity index is 508. The first-order valence-corrected chi connectivity index (χ1v) is 6.36. The molecule has 21 heavy (non-hydrogen) atoms. The Morgan fingerprint density at radius 3 is 2.71 bits per heavy atom. The highest BCUT2D eigenvalue weighted by molar-refractivity contribution is 6.32. The standard InChI is InChI=1S/C11H15ClF3N3O3/c1-20-4-5-21-3-2-16-8-6-17-18(7-11(13,14)15)10(19)9(8)12/h6,16H,2-5,7H2,1H3. The molecular formula is C11H15ClF3N3O3. The molecule has 0 atom stereocenters. The number of nitrogens with zero attached hydrogens (tertiary/aromatic N) is 2. The fraction of sp³-hybridized carbons (Fsp3) is 0.636. The highest BCUT2D eigenvalue weighted by atomic mass is 35.5. The van der Waals surface area contributed by atoms with Gasteiger partial charge < -0.3 is 14.8 Å². The van der Waals surface area contributed by atoms with Crippen molar-refractivity contribution in [2.45, 2.75) is 12.7 Å². The number of halogens is 4. The fourth-order valence-corrected chi connectivity index (χ4v) is 1.59. The number of anilines is 1. The third kappa shape index (κ3) is 6.32. The van der Waals surface area contributed by atoms with Crippen LogP contribution in [-0.4, -0.2) is 49.4 Å². The van der Waals surface area contributed by atoms with Gasteiger partial charge in [-0.3, -0.25) is 4.79 Å². The molecular weight excluding hydrogens is 315 g/mol. The maximum Gasteiger partial charge on any atom is 0.408 e. The zero-order valence-electron chi connectivity index (χ0n) is 11.2. The molecule has 1 N–H and O–H groups in total. The molecule has 1 heterocycles. The van der Waals surface area contributed by atoms with Crippen molar-refractivity contribution in [2.75, 3.05) is 38.8 Å². The first kappa shape index (κ1) is 17.7. The smallest absolute Gasteiger partial charge is 0.382 e. The Morgan fingerprint density at radius 1 is 1.38 bits per heavy atom. The minimum atomic E-state index is -4.54. The third-order valence-corrected chi connectivity index (χ3v) is 2.67. The van der Waals surface area contributed by atoms with Crippen molar-refractivity contribution in [1.29, 1.82) is 0 Å². The molecule has 0 aliphatic rings. The molecule has 10 heteroatoms. The van der Waals surface area contributed by atoms with Crippen LogP contribution in [0.5, 0.6) is 0 Å². The Kier molecular flexibility index (Phi) is 6.93. The molecule has 0 saturated carbocycles. The van der Waals surface area contributed by atoms with E-state index in [0.29, 0.717) is 26.4 Å². The van der Waals surface area contributed by atoms with E-state index in [-0.39, 0.29) is 15.4 Å². The lowest BCUT2D eigenvalue weighted by Gasteiger charge is -2.11. The Balaban J connectivity index is 2.57. The maximum absolute atomic E-state index is 12.2. The zero-order chi connectivity index (χ0) is 15.9. The quantitative estimate of drug-likeness (QED) is 0.733. The molecule has 0 fully saturated rings. The maximum atomic E-state index is 12.2.